The minimum absolute atomic E-state index is 0.258. The zero-order valence-corrected chi connectivity index (χ0v) is 17.9. The van der Waals surface area contributed by atoms with E-state index in [-0.39, 0.29) is 5.91 Å². The van der Waals surface area contributed by atoms with E-state index in [4.69, 9.17) is 15.2 Å². The molecular formula is C25H22N4O4. The summed E-state index contributed by atoms with van der Waals surface area (Å²) >= 11 is 0. The second-order valence-corrected chi connectivity index (χ2v) is 7.16. The maximum atomic E-state index is 12.7. The van der Waals surface area contributed by atoms with E-state index in [1.807, 2.05) is 24.3 Å². The molecule has 4 rings (SSSR count). The lowest BCUT2D eigenvalue weighted by Crippen LogP contribution is -2.12. The van der Waals surface area contributed by atoms with Crippen LogP contribution in [-0.2, 0) is 11.3 Å². The van der Waals surface area contributed by atoms with Crippen LogP contribution in [-0.4, -0.2) is 29.0 Å². The van der Waals surface area contributed by atoms with E-state index in [0.29, 0.717) is 46.2 Å². The quantitative estimate of drug-likeness (QED) is 0.366. The number of benzene rings is 2. The fraction of sp³-hybridized carbons (Fsp3) is 0.0800. The standard InChI is InChI=1S/C25H22N4O4/c1-32-25(31)18-12-22(28-15-18)23-13-21(8-9-27-23)33-20-7-3-5-17(11-20)24(30)29-19-6-2-4-16(10-19)14-26/h2-13,15,28H,14,26H2,1H3,(H,29,30). The number of H-pyrrole nitrogens is 1. The Balaban J connectivity index is 1.49. The number of pyridine rings is 1. The van der Waals surface area contributed by atoms with Gasteiger partial charge in [0, 0.05) is 36.3 Å². The van der Waals surface area contributed by atoms with Crippen molar-refractivity contribution in [1.29, 1.82) is 0 Å². The Morgan fingerprint density at radius 2 is 1.82 bits per heavy atom. The molecule has 0 fully saturated rings. The van der Waals surface area contributed by atoms with Crippen molar-refractivity contribution in [1.82, 2.24) is 9.97 Å². The lowest BCUT2D eigenvalue weighted by atomic mass is 10.1. The minimum atomic E-state index is -0.435. The third kappa shape index (κ3) is 5.25. The van der Waals surface area contributed by atoms with Gasteiger partial charge in [0.25, 0.3) is 5.91 Å². The van der Waals surface area contributed by atoms with Gasteiger partial charge in [0.2, 0.25) is 0 Å². The average Bonchev–Trinajstić information content (AvgIpc) is 3.34. The molecule has 4 aromatic rings. The molecule has 2 heterocycles. The molecule has 0 bridgehead atoms. The van der Waals surface area contributed by atoms with Crippen molar-refractivity contribution in [3.8, 4) is 22.9 Å². The van der Waals surface area contributed by atoms with Gasteiger partial charge in [-0.1, -0.05) is 18.2 Å². The molecule has 166 valence electrons. The summed E-state index contributed by atoms with van der Waals surface area (Å²) in [7, 11) is 1.33. The monoisotopic (exact) mass is 442 g/mol. The van der Waals surface area contributed by atoms with Crippen LogP contribution >= 0.6 is 0 Å². The molecule has 0 aliphatic heterocycles. The molecule has 0 saturated heterocycles. The fourth-order valence-electron chi connectivity index (χ4n) is 3.22. The second kappa shape index (κ2) is 9.80. The third-order valence-corrected chi connectivity index (χ3v) is 4.86. The molecule has 0 unspecified atom stereocenters. The van der Waals surface area contributed by atoms with Crippen LogP contribution in [0.25, 0.3) is 11.4 Å². The number of ether oxygens (including phenoxy) is 2. The number of esters is 1. The van der Waals surface area contributed by atoms with E-state index in [1.54, 1.807) is 54.9 Å². The maximum absolute atomic E-state index is 12.7. The molecule has 33 heavy (non-hydrogen) atoms. The van der Waals surface area contributed by atoms with Crippen molar-refractivity contribution < 1.29 is 19.1 Å². The Morgan fingerprint density at radius 1 is 1.00 bits per heavy atom. The number of hydrogen-bond acceptors (Lipinski definition) is 6. The number of hydrogen-bond donors (Lipinski definition) is 3. The number of carbonyl (C=O) groups excluding carboxylic acids is 2. The number of anilines is 1. The van der Waals surface area contributed by atoms with Crippen molar-refractivity contribution in [2.75, 3.05) is 12.4 Å². The first-order chi connectivity index (χ1) is 16.1. The number of aromatic amines is 1. The van der Waals surface area contributed by atoms with Crippen molar-refractivity contribution in [3.05, 3.63) is 95.8 Å². The van der Waals surface area contributed by atoms with Crippen LogP contribution in [0.4, 0.5) is 5.69 Å². The van der Waals surface area contributed by atoms with Gasteiger partial charge in [-0.15, -0.1) is 0 Å². The molecule has 0 spiro atoms. The van der Waals surface area contributed by atoms with Gasteiger partial charge in [-0.2, -0.15) is 0 Å². The Labute approximate surface area is 190 Å². The molecule has 2 aromatic heterocycles. The first kappa shape index (κ1) is 21.8. The highest BCUT2D eigenvalue weighted by Gasteiger charge is 2.12. The first-order valence-electron chi connectivity index (χ1n) is 10.2. The number of nitrogens with two attached hydrogens (primary N) is 1. The summed E-state index contributed by atoms with van der Waals surface area (Å²) in [6.07, 6.45) is 3.16. The van der Waals surface area contributed by atoms with Gasteiger partial charge in [-0.25, -0.2) is 4.79 Å². The number of nitrogens with zero attached hydrogens (tertiary/aromatic N) is 1. The number of rotatable bonds is 7. The highest BCUT2D eigenvalue weighted by molar-refractivity contribution is 6.04. The summed E-state index contributed by atoms with van der Waals surface area (Å²) in [5, 5.41) is 2.87. The van der Waals surface area contributed by atoms with Gasteiger partial charge >= 0.3 is 5.97 Å². The summed E-state index contributed by atoms with van der Waals surface area (Å²) < 4.78 is 10.7. The minimum Gasteiger partial charge on any atom is -0.465 e. The highest BCUT2D eigenvalue weighted by Crippen LogP contribution is 2.26. The fourth-order valence-corrected chi connectivity index (χ4v) is 3.22. The predicted molar refractivity (Wildman–Crippen MR) is 124 cm³/mol. The van der Waals surface area contributed by atoms with Gasteiger partial charge in [-0.3, -0.25) is 9.78 Å². The summed E-state index contributed by atoms with van der Waals surface area (Å²) in [5.41, 5.74) is 9.36. The van der Waals surface area contributed by atoms with Gasteiger partial charge < -0.3 is 25.5 Å². The SMILES string of the molecule is COC(=O)c1c[nH]c(-c2cc(Oc3cccc(C(=O)Nc4cccc(CN)c4)c3)ccn2)c1. The van der Waals surface area contributed by atoms with E-state index < -0.39 is 5.97 Å². The van der Waals surface area contributed by atoms with E-state index in [9.17, 15) is 9.59 Å². The zero-order valence-electron chi connectivity index (χ0n) is 17.9. The van der Waals surface area contributed by atoms with Gasteiger partial charge in [0.15, 0.2) is 0 Å². The van der Waals surface area contributed by atoms with Crippen molar-refractivity contribution in [2.45, 2.75) is 6.54 Å². The second-order valence-electron chi connectivity index (χ2n) is 7.16. The van der Waals surface area contributed by atoms with E-state index in [2.05, 4.69) is 15.3 Å². The average molecular weight is 442 g/mol. The summed E-state index contributed by atoms with van der Waals surface area (Å²) in [6.45, 7) is 0.396. The van der Waals surface area contributed by atoms with Gasteiger partial charge in [-0.05, 0) is 48.0 Å². The molecule has 0 saturated carbocycles. The van der Waals surface area contributed by atoms with Crippen LogP contribution in [0.1, 0.15) is 26.3 Å². The van der Waals surface area contributed by atoms with Gasteiger partial charge in [0.1, 0.15) is 11.5 Å². The van der Waals surface area contributed by atoms with Crippen LogP contribution in [0.2, 0.25) is 0 Å². The van der Waals surface area contributed by atoms with Crippen molar-refractivity contribution in [3.63, 3.8) is 0 Å². The zero-order chi connectivity index (χ0) is 23.2. The molecule has 0 atom stereocenters. The summed E-state index contributed by atoms with van der Waals surface area (Å²) in [5.74, 6) is 0.334. The Kier molecular flexibility index (Phi) is 6.47. The maximum Gasteiger partial charge on any atom is 0.339 e. The molecule has 8 heteroatoms. The van der Waals surface area contributed by atoms with Crippen LogP contribution in [0.15, 0.2) is 79.1 Å². The summed E-state index contributed by atoms with van der Waals surface area (Å²) in [6, 6.07) is 19.4. The van der Waals surface area contributed by atoms with Crippen molar-refractivity contribution in [2.24, 2.45) is 5.73 Å². The molecule has 0 aliphatic carbocycles. The predicted octanol–water partition coefficient (Wildman–Crippen LogP) is 4.37. The van der Waals surface area contributed by atoms with Crippen LogP contribution in [0.5, 0.6) is 11.5 Å². The molecule has 4 N–H and O–H groups in total. The number of carbonyl (C=O) groups is 2. The molecule has 8 nitrogen and oxygen atoms in total. The topological polar surface area (TPSA) is 119 Å². The third-order valence-electron chi connectivity index (χ3n) is 4.86. The number of methoxy groups -OCH3 is 1. The van der Waals surface area contributed by atoms with Gasteiger partial charge in [0.05, 0.1) is 24.1 Å². The lowest BCUT2D eigenvalue weighted by molar-refractivity contribution is 0.0601. The molecule has 1 amide bonds. The lowest BCUT2D eigenvalue weighted by Gasteiger charge is -2.10. The molecule has 0 radical (unpaired) electrons. The molecule has 0 aliphatic rings. The van der Waals surface area contributed by atoms with E-state index in [0.717, 1.165) is 5.56 Å². The largest absolute Gasteiger partial charge is 0.465 e. The Bertz CT molecular complexity index is 1300. The van der Waals surface area contributed by atoms with Crippen LogP contribution in [0, 0.1) is 0 Å². The molecule has 2 aromatic carbocycles. The Morgan fingerprint density at radius 3 is 2.64 bits per heavy atom. The van der Waals surface area contributed by atoms with Crippen LogP contribution < -0.4 is 15.8 Å². The smallest absolute Gasteiger partial charge is 0.339 e. The first-order valence-corrected chi connectivity index (χ1v) is 10.2. The molecular weight excluding hydrogens is 420 g/mol. The Hall–Kier alpha value is -4.43. The highest BCUT2D eigenvalue weighted by atomic mass is 16.5. The number of amides is 1. The number of aromatic nitrogens is 2. The van der Waals surface area contributed by atoms with E-state index >= 15 is 0 Å². The van der Waals surface area contributed by atoms with Crippen LogP contribution in [0.3, 0.4) is 0 Å². The number of nitrogens with one attached hydrogen (secondary N) is 2. The van der Waals surface area contributed by atoms with Crippen molar-refractivity contribution >= 4 is 17.6 Å². The summed E-state index contributed by atoms with van der Waals surface area (Å²) in [4.78, 5) is 31.7. The normalized spacial score (nSPS) is 10.5. The van der Waals surface area contributed by atoms with E-state index in [1.165, 1.54) is 7.11 Å².